The lowest BCUT2D eigenvalue weighted by atomic mass is 9.99. The lowest BCUT2D eigenvalue weighted by molar-refractivity contribution is 0.0440. The van der Waals surface area contributed by atoms with Crippen molar-refractivity contribution in [3.05, 3.63) is 59.2 Å². The molecule has 0 aliphatic carbocycles. The van der Waals surface area contributed by atoms with E-state index in [9.17, 15) is 13.9 Å². The zero-order valence-corrected chi connectivity index (χ0v) is 11.3. The molecule has 0 saturated heterocycles. The van der Waals surface area contributed by atoms with E-state index < -0.39 is 29.4 Å². The Kier molecular flexibility index (Phi) is 3.51. The predicted molar refractivity (Wildman–Crippen MR) is 72.4 cm³/mol. The fourth-order valence-corrected chi connectivity index (χ4v) is 2.53. The van der Waals surface area contributed by atoms with Gasteiger partial charge in [-0.2, -0.15) is 0 Å². The minimum Gasteiger partial charge on any atom is -0.497 e. The molecule has 5 heteroatoms. The van der Waals surface area contributed by atoms with Gasteiger partial charge in [0.2, 0.25) is 0 Å². The van der Waals surface area contributed by atoms with Crippen LogP contribution in [-0.2, 0) is 6.42 Å². The van der Waals surface area contributed by atoms with E-state index in [0.29, 0.717) is 12.2 Å². The Labute approximate surface area is 120 Å². The van der Waals surface area contributed by atoms with Gasteiger partial charge in [0.1, 0.15) is 35.3 Å². The largest absolute Gasteiger partial charge is 0.497 e. The van der Waals surface area contributed by atoms with Gasteiger partial charge in [0.15, 0.2) is 0 Å². The lowest BCUT2D eigenvalue weighted by Crippen LogP contribution is -2.25. The van der Waals surface area contributed by atoms with Gasteiger partial charge >= 0.3 is 0 Å². The number of para-hydroxylation sites is 1. The van der Waals surface area contributed by atoms with Crippen LogP contribution in [0.15, 0.2) is 36.4 Å². The number of aliphatic hydroxyl groups excluding tert-OH is 1. The van der Waals surface area contributed by atoms with Gasteiger partial charge in [0.25, 0.3) is 0 Å². The Morgan fingerprint density at radius 3 is 2.52 bits per heavy atom. The fourth-order valence-electron chi connectivity index (χ4n) is 2.53. The van der Waals surface area contributed by atoms with Crippen molar-refractivity contribution in [2.45, 2.75) is 18.6 Å². The highest BCUT2D eigenvalue weighted by molar-refractivity contribution is 5.39. The average molecular weight is 292 g/mol. The minimum absolute atomic E-state index is 0.0663. The monoisotopic (exact) mass is 292 g/mol. The molecule has 2 unspecified atom stereocenters. The number of aliphatic hydroxyl groups is 1. The zero-order chi connectivity index (χ0) is 15.0. The number of benzene rings is 2. The summed E-state index contributed by atoms with van der Waals surface area (Å²) in [5.74, 6) is -0.995. The first kappa shape index (κ1) is 13.8. The molecule has 110 valence electrons. The van der Waals surface area contributed by atoms with Gasteiger partial charge < -0.3 is 14.6 Å². The normalized spacial score (nSPS) is 18.0. The third-order valence-electron chi connectivity index (χ3n) is 3.61. The van der Waals surface area contributed by atoms with Crippen LogP contribution in [0, 0.1) is 11.6 Å². The first-order chi connectivity index (χ1) is 10.1. The third-order valence-corrected chi connectivity index (χ3v) is 3.61. The van der Waals surface area contributed by atoms with Crippen LogP contribution in [0.25, 0.3) is 0 Å². The van der Waals surface area contributed by atoms with Crippen LogP contribution in [0.4, 0.5) is 8.78 Å². The third kappa shape index (κ3) is 2.45. The summed E-state index contributed by atoms with van der Waals surface area (Å²) in [7, 11) is 1.32. The van der Waals surface area contributed by atoms with E-state index in [1.165, 1.54) is 7.11 Å². The van der Waals surface area contributed by atoms with E-state index >= 15 is 0 Å². The molecule has 3 rings (SSSR count). The van der Waals surface area contributed by atoms with E-state index in [2.05, 4.69) is 0 Å². The molecule has 1 aliphatic rings. The summed E-state index contributed by atoms with van der Waals surface area (Å²) in [6.45, 7) is 0. The number of hydrogen-bond donors (Lipinski definition) is 1. The van der Waals surface area contributed by atoms with Gasteiger partial charge in [-0.1, -0.05) is 18.2 Å². The summed E-state index contributed by atoms with van der Waals surface area (Å²) in [6, 6.07) is 9.38. The SMILES string of the molecule is COc1cc(F)c(C(O)C2Cc3ccccc3O2)c(F)c1. The molecule has 21 heavy (non-hydrogen) atoms. The Morgan fingerprint density at radius 1 is 1.24 bits per heavy atom. The molecular weight excluding hydrogens is 278 g/mol. The van der Waals surface area contributed by atoms with Crippen molar-refractivity contribution in [3.63, 3.8) is 0 Å². The Balaban J connectivity index is 1.89. The molecular formula is C16H14F2O3. The van der Waals surface area contributed by atoms with Crippen molar-refractivity contribution in [1.29, 1.82) is 0 Å². The van der Waals surface area contributed by atoms with E-state index in [1.54, 1.807) is 6.07 Å². The van der Waals surface area contributed by atoms with Crippen molar-refractivity contribution in [1.82, 2.24) is 0 Å². The first-order valence-corrected chi connectivity index (χ1v) is 6.55. The molecule has 0 amide bonds. The van der Waals surface area contributed by atoms with Gasteiger partial charge in [-0.05, 0) is 11.6 Å². The van der Waals surface area contributed by atoms with Crippen LogP contribution < -0.4 is 9.47 Å². The van der Waals surface area contributed by atoms with Crippen molar-refractivity contribution in [2.24, 2.45) is 0 Å². The van der Waals surface area contributed by atoms with E-state index in [4.69, 9.17) is 9.47 Å². The van der Waals surface area contributed by atoms with Crippen molar-refractivity contribution < 1.29 is 23.4 Å². The number of methoxy groups -OCH3 is 1. The Hall–Kier alpha value is -2.14. The number of hydrogen-bond acceptors (Lipinski definition) is 3. The second-order valence-corrected chi connectivity index (χ2v) is 4.92. The second-order valence-electron chi connectivity index (χ2n) is 4.92. The van der Waals surface area contributed by atoms with Crippen molar-refractivity contribution in [2.75, 3.05) is 7.11 Å². The number of ether oxygens (including phenoxy) is 2. The quantitative estimate of drug-likeness (QED) is 0.945. The van der Waals surface area contributed by atoms with Crippen LogP contribution in [-0.4, -0.2) is 18.3 Å². The molecule has 0 bridgehead atoms. The lowest BCUT2D eigenvalue weighted by Gasteiger charge is -2.20. The zero-order valence-electron chi connectivity index (χ0n) is 11.3. The highest BCUT2D eigenvalue weighted by Crippen LogP contribution is 2.36. The number of halogens is 2. The average Bonchev–Trinajstić information content (AvgIpc) is 2.90. The molecule has 0 aromatic heterocycles. The van der Waals surface area contributed by atoms with Crippen LogP contribution in [0.2, 0.25) is 0 Å². The smallest absolute Gasteiger partial charge is 0.135 e. The van der Waals surface area contributed by atoms with Crippen LogP contribution in [0.5, 0.6) is 11.5 Å². The maximum atomic E-state index is 14.0. The molecule has 0 fully saturated rings. The molecule has 0 radical (unpaired) electrons. The van der Waals surface area contributed by atoms with E-state index in [0.717, 1.165) is 17.7 Å². The van der Waals surface area contributed by atoms with Gasteiger partial charge in [-0.25, -0.2) is 8.78 Å². The highest BCUT2D eigenvalue weighted by Gasteiger charge is 2.33. The van der Waals surface area contributed by atoms with Crippen LogP contribution in [0.3, 0.4) is 0 Å². The Morgan fingerprint density at radius 2 is 1.90 bits per heavy atom. The van der Waals surface area contributed by atoms with Crippen LogP contribution in [0.1, 0.15) is 17.2 Å². The summed E-state index contributed by atoms with van der Waals surface area (Å²) in [6.07, 6.45) is -1.69. The van der Waals surface area contributed by atoms with Gasteiger partial charge in [0, 0.05) is 18.6 Å². The molecule has 1 aliphatic heterocycles. The highest BCUT2D eigenvalue weighted by atomic mass is 19.1. The van der Waals surface area contributed by atoms with Gasteiger partial charge in [-0.15, -0.1) is 0 Å². The molecule has 1 N–H and O–H groups in total. The molecule has 1 heterocycles. The molecule has 0 saturated carbocycles. The summed E-state index contributed by atoms with van der Waals surface area (Å²) in [5.41, 5.74) is 0.518. The topological polar surface area (TPSA) is 38.7 Å². The first-order valence-electron chi connectivity index (χ1n) is 6.55. The van der Waals surface area contributed by atoms with Gasteiger partial charge in [-0.3, -0.25) is 0 Å². The van der Waals surface area contributed by atoms with E-state index in [1.807, 2.05) is 18.2 Å². The molecule has 2 atom stereocenters. The summed E-state index contributed by atoms with van der Waals surface area (Å²) >= 11 is 0. The predicted octanol–water partition coefficient (Wildman–Crippen LogP) is 3.01. The van der Waals surface area contributed by atoms with Crippen molar-refractivity contribution in [3.8, 4) is 11.5 Å². The van der Waals surface area contributed by atoms with Crippen LogP contribution >= 0.6 is 0 Å². The summed E-state index contributed by atoms with van der Waals surface area (Å²) in [5, 5.41) is 10.3. The maximum absolute atomic E-state index is 14.0. The molecule has 2 aromatic carbocycles. The Bertz CT molecular complexity index is 624. The molecule has 2 aromatic rings. The number of fused-ring (bicyclic) bond motifs is 1. The number of rotatable bonds is 3. The second kappa shape index (κ2) is 5.33. The van der Waals surface area contributed by atoms with Crippen molar-refractivity contribution >= 4 is 0 Å². The standard InChI is InChI=1S/C16H14F2O3/c1-20-10-7-11(17)15(12(18)8-10)16(19)14-6-9-4-2-3-5-13(9)21-14/h2-5,7-8,14,16,19H,6H2,1H3. The summed E-state index contributed by atoms with van der Waals surface area (Å²) < 4.78 is 38.4. The van der Waals surface area contributed by atoms with E-state index in [-0.39, 0.29) is 5.75 Å². The fraction of sp³-hybridized carbons (Fsp3) is 0.250. The summed E-state index contributed by atoms with van der Waals surface area (Å²) in [4.78, 5) is 0. The van der Waals surface area contributed by atoms with Gasteiger partial charge in [0.05, 0.1) is 12.7 Å². The molecule has 3 nitrogen and oxygen atoms in total. The minimum atomic E-state index is -1.39. The molecule has 0 spiro atoms. The maximum Gasteiger partial charge on any atom is 0.135 e.